The third-order valence-electron chi connectivity index (χ3n) is 4.14. The Bertz CT molecular complexity index is 885. The van der Waals surface area contributed by atoms with E-state index in [4.69, 9.17) is 4.98 Å². The van der Waals surface area contributed by atoms with E-state index in [1.807, 2.05) is 30.3 Å². The molecule has 0 fully saturated rings. The second-order valence-corrected chi connectivity index (χ2v) is 7.45. The van der Waals surface area contributed by atoms with Crippen LogP contribution in [0.2, 0.25) is 0 Å². The molecule has 0 spiro atoms. The number of pyridine rings is 1. The summed E-state index contributed by atoms with van der Waals surface area (Å²) in [5.74, 6) is 1.38. The first kappa shape index (κ1) is 20.1. The summed E-state index contributed by atoms with van der Waals surface area (Å²) >= 11 is 1.70. The molecule has 146 valence electrons. The first-order valence-electron chi connectivity index (χ1n) is 9.24. The molecule has 28 heavy (non-hydrogen) atoms. The maximum absolute atomic E-state index is 4.70. The Balaban J connectivity index is 1.86. The van der Waals surface area contributed by atoms with E-state index in [9.17, 15) is 0 Å². The van der Waals surface area contributed by atoms with Crippen LogP contribution >= 0.6 is 11.8 Å². The van der Waals surface area contributed by atoms with E-state index in [1.54, 1.807) is 24.2 Å². The fourth-order valence-electron chi connectivity index (χ4n) is 2.74. The Kier molecular flexibility index (Phi) is 7.22. The summed E-state index contributed by atoms with van der Waals surface area (Å²) < 4.78 is 0. The van der Waals surface area contributed by atoms with Gasteiger partial charge in [-0.3, -0.25) is 4.98 Å². The number of anilines is 3. The molecule has 1 aromatic carbocycles. The number of aromatic nitrogens is 3. The van der Waals surface area contributed by atoms with Gasteiger partial charge in [-0.1, -0.05) is 12.1 Å². The fraction of sp³-hybridized carbons (Fsp3) is 0.286. The summed E-state index contributed by atoms with van der Waals surface area (Å²) in [7, 11) is 4.15. The van der Waals surface area contributed by atoms with Crippen molar-refractivity contribution in [3.8, 4) is 11.3 Å². The SMILES string of the molecule is CSc1ccccc1Nc1cc(-c2ccncc2)nc(NCCCN(C)C)n1. The van der Waals surface area contributed by atoms with Crippen molar-refractivity contribution in [2.24, 2.45) is 0 Å². The van der Waals surface area contributed by atoms with Gasteiger partial charge in [0.05, 0.1) is 11.4 Å². The first-order valence-corrected chi connectivity index (χ1v) is 10.5. The fourth-order valence-corrected chi connectivity index (χ4v) is 3.30. The van der Waals surface area contributed by atoms with Gasteiger partial charge in [-0.15, -0.1) is 11.8 Å². The van der Waals surface area contributed by atoms with Crippen LogP contribution < -0.4 is 10.6 Å². The van der Waals surface area contributed by atoms with Gasteiger partial charge >= 0.3 is 0 Å². The average molecular weight is 395 g/mol. The summed E-state index contributed by atoms with van der Waals surface area (Å²) in [5.41, 5.74) is 2.90. The topological polar surface area (TPSA) is 66.0 Å². The van der Waals surface area contributed by atoms with Gasteiger partial charge in [0.25, 0.3) is 0 Å². The van der Waals surface area contributed by atoms with Crippen LogP contribution in [0.15, 0.2) is 59.8 Å². The monoisotopic (exact) mass is 394 g/mol. The van der Waals surface area contributed by atoms with E-state index >= 15 is 0 Å². The van der Waals surface area contributed by atoms with Crippen LogP contribution in [-0.4, -0.2) is 53.3 Å². The predicted octanol–water partition coefficient (Wildman–Crippen LogP) is 4.37. The van der Waals surface area contributed by atoms with Gasteiger partial charge in [-0.05, 0) is 57.6 Å². The zero-order chi connectivity index (χ0) is 19.8. The van der Waals surface area contributed by atoms with Crippen molar-refractivity contribution < 1.29 is 0 Å². The molecular formula is C21H26N6S. The van der Waals surface area contributed by atoms with E-state index in [0.29, 0.717) is 5.95 Å². The van der Waals surface area contributed by atoms with Crippen LogP contribution in [0.4, 0.5) is 17.5 Å². The average Bonchev–Trinajstić information content (AvgIpc) is 2.72. The number of para-hydroxylation sites is 1. The molecule has 0 saturated heterocycles. The van der Waals surface area contributed by atoms with E-state index in [0.717, 1.165) is 42.3 Å². The molecule has 2 aromatic heterocycles. The van der Waals surface area contributed by atoms with Crippen molar-refractivity contribution in [2.75, 3.05) is 44.1 Å². The van der Waals surface area contributed by atoms with Crippen LogP contribution in [0.1, 0.15) is 6.42 Å². The summed E-state index contributed by atoms with van der Waals surface area (Å²) in [5, 5.41) is 6.80. The minimum absolute atomic E-state index is 0.622. The minimum Gasteiger partial charge on any atom is -0.354 e. The summed E-state index contributed by atoms with van der Waals surface area (Å²) in [4.78, 5) is 16.8. The lowest BCUT2D eigenvalue weighted by Crippen LogP contribution is -2.17. The van der Waals surface area contributed by atoms with Crippen LogP contribution in [0.5, 0.6) is 0 Å². The highest BCUT2D eigenvalue weighted by Crippen LogP contribution is 2.29. The van der Waals surface area contributed by atoms with Gasteiger partial charge in [-0.25, -0.2) is 4.98 Å². The molecule has 3 aromatic rings. The van der Waals surface area contributed by atoms with Gasteiger partial charge in [0, 0.05) is 35.5 Å². The van der Waals surface area contributed by atoms with Crippen LogP contribution in [-0.2, 0) is 0 Å². The molecule has 2 heterocycles. The summed E-state index contributed by atoms with van der Waals surface area (Å²) in [6.07, 6.45) is 6.64. The molecule has 0 aliphatic heterocycles. The van der Waals surface area contributed by atoms with E-state index < -0.39 is 0 Å². The highest BCUT2D eigenvalue weighted by Gasteiger charge is 2.09. The minimum atomic E-state index is 0.622. The zero-order valence-corrected chi connectivity index (χ0v) is 17.3. The molecule has 0 bridgehead atoms. The number of hydrogen-bond donors (Lipinski definition) is 2. The largest absolute Gasteiger partial charge is 0.354 e. The number of nitrogens with one attached hydrogen (secondary N) is 2. The summed E-state index contributed by atoms with van der Waals surface area (Å²) in [6.45, 7) is 1.84. The Morgan fingerprint density at radius 3 is 2.57 bits per heavy atom. The predicted molar refractivity (Wildman–Crippen MR) is 118 cm³/mol. The van der Waals surface area contributed by atoms with Crippen molar-refractivity contribution in [3.05, 3.63) is 54.9 Å². The highest BCUT2D eigenvalue weighted by molar-refractivity contribution is 7.98. The molecule has 0 aliphatic carbocycles. The van der Waals surface area contributed by atoms with Gasteiger partial charge in [0.15, 0.2) is 0 Å². The molecule has 2 N–H and O–H groups in total. The lowest BCUT2D eigenvalue weighted by molar-refractivity contribution is 0.405. The Morgan fingerprint density at radius 2 is 1.82 bits per heavy atom. The molecule has 3 rings (SSSR count). The second kappa shape index (κ2) is 10.1. The number of nitrogens with zero attached hydrogens (tertiary/aromatic N) is 4. The van der Waals surface area contributed by atoms with E-state index in [1.165, 1.54) is 4.90 Å². The lowest BCUT2D eigenvalue weighted by atomic mass is 10.2. The van der Waals surface area contributed by atoms with E-state index in [2.05, 4.69) is 58.0 Å². The number of rotatable bonds is 9. The quantitative estimate of drug-likeness (QED) is 0.413. The molecule has 0 saturated carbocycles. The Labute approximate surface area is 170 Å². The standard InChI is InChI=1S/C21H26N6S/c1-27(2)14-6-11-23-21-25-18(16-9-12-22-13-10-16)15-20(26-21)24-17-7-4-5-8-19(17)28-3/h4-5,7-10,12-13,15H,6,11,14H2,1-3H3,(H2,23,24,25,26). The van der Waals surface area contributed by atoms with Gasteiger partial charge < -0.3 is 15.5 Å². The lowest BCUT2D eigenvalue weighted by Gasteiger charge is -2.14. The highest BCUT2D eigenvalue weighted by atomic mass is 32.2. The van der Waals surface area contributed by atoms with E-state index in [-0.39, 0.29) is 0 Å². The second-order valence-electron chi connectivity index (χ2n) is 6.61. The number of thioether (sulfide) groups is 1. The van der Waals surface area contributed by atoms with Crippen LogP contribution in [0.25, 0.3) is 11.3 Å². The smallest absolute Gasteiger partial charge is 0.225 e. The van der Waals surface area contributed by atoms with Crippen LogP contribution in [0, 0.1) is 0 Å². The Hall–Kier alpha value is -2.64. The first-order chi connectivity index (χ1) is 13.7. The number of benzene rings is 1. The van der Waals surface area contributed by atoms with Gasteiger partial charge in [0.2, 0.25) is 5.95 Å². The number of hydrogen-bond acceptors (Lipinski definition) is 7. The maximum Gasteiger partial charge on any atom is 0.225 e. The molecule has 0 unspecified atom stereocenters. The van der Waals surface area contributed by atoms with Gasteiger partial charge in [-0.2, -0.15) is 4.98 Å². The molecule has 0 aliphatic rings. The molecule has 0 atom stereocenters. The zero-order valence-electron chi connectivity index (χ0n) is 16.5. The van der Waals surface area contributed by atoms with Crippen molar-refractivity contribution >= 4 is 29.2 Å². The maximum atomic E-state index is 4.70. The molecule has 7 heteroatoms. The molecular weight excluding hydrogens is 368 g/mol. The Morgan fingerprint density at radius 1 is 1.04 bits per heavy atom. The van der Waals surface area contributed by atoms with Crippen molar-refractivity contribution in [1.29, 1.82) is 0 Å². The molecule has 0 amide bonds. The van der Waals surface area contributed by atoms with Crippen molar-refractivity contribution in [2.45, 2.75) is 11.3 Å². The van der Waals surface area contributed by atoms with Gasteiger partial charge in [0.1, 0.15) is 5.82 Å². The third-order valence-corrected chi connectivity index (χ3v) is 4.93. The van der Waals surface area contributed by atoms with Crippen molar-refractivity contribution in [3.63, 3.8) is 0 Å². The summed E-state index contributed by atoms with van der Waals surface area (Å²) in [6, 6.07) is 14.1. The third kappa shape index (κ3) is 5.68. The molecule has 0 radical (unpaired) electrons. The van der Waals surface area contributed by atoms with Crippen molar-refractivity contribution in [1.82, 2.24) is 19.9 Å². The normalized spacial score (nSPS) is 10.9. The molecule has 6 nitrogen and oxygen atoms in total. The van der Waals surface area contributed by atoms with Crippen LogP contribution in [0.3, 0.4) is 0 Å².